The van der Waals surface area contributed by atoms with E-state index in [0.717, 1.165) is 22.3 Å². The van der Waals surface area contributed by atoms with Crippen molar-refractivity contribution in [3.05, 3.63) is 59.7 Å². The van der Waals surface area contributed by atoms with Gasteiger partial charge < -0.3 is 24.8 Å². The zero-order chi connectivity index (χ0) is 25.0. The fraction of sp³-hybridized carbons (Fsp3) is 0.444. The molecular weight excluding hydrogens is 448 g/mol. The van der Waals surface area contributed by atoms with Crippen LogP contribution in [0.4, 0.5) is 4.79 Å². The van der Waals surface area contributed by atoms with E-state index in [9.17, 15) is 19.5 Å². The van der Waals surface area contributed by atoms with Gasteiger partial charge in [-0.15, -0.1) is 0 Å². The fourth-order valence-electron chi connectivity index (χ4n) is 5.20. The van der Waals surface area contributed by atoms with Gasteiger partial charge in [0.2, 0.25) is 5.91 Å². The summed E-state index contributed by atoms with van der Waals surface area (Å²) in [5, 5.41) is 12.4. The Bertz CT molecular complexity index is 1060. The lowest BCUT2D eigenvalue weighted by Gasteiger charge is -2.34. The molecule has 8 heteroatoms. The molecule has 1 fully saturated rings. The molecule has 1 aliphatic carbocycles. The van der Waals surface area contributed by atoms with E-state index >= 15 is 0 Å². The van der Waals surface area contributed by atoms with Gasteiger partial charge in [-0.3, -0.25) is 4.79 Å². The van der Waals surface area contributed by atoms with E-state index in [2.05, 4.69) is 17.4 Å². The van der Waals surface area contributed by atoms with Gasteiger partial charge in [0.15, 0.2) is 0 Å². The van der Waals surface area contributed by atoms with E-state index in [-0.39, 0.29) is 12.5 Å². The fourth-order valence-corrected chi connectivity index (χ4v) is 5.20. The lowest BCUT2D eigenvalue weighted by atomic mass is 9.98. The Morgan fingerprint density at radius 2 is 1.74 bits per heavy atom. The number of hydrogen-bond donors (Lipinski definition) is 2. The van der Waals surface area contributed by atoms with Crippen LogP contribution in [0.1, 0.15) is 49.7 Å². The molecule has 35 heavy (non-hydrogen) atoms. The number of benzene rings is 2. The number of nitrogens with zero attached hydrogens (tertiary/aromatic N) is 1. The third kappa shape index (κ3) is 4.89. The third-order valence-corrected chi connectivity index (χ3v) is 7.14. The molecule has 2 atom stereocenters. The molecule has 2 aromatic carbocycles. The summed E-state index contributed by atoms with van der Waals surface area (Å²) in [4.78, 5) is 39.4. The molecule has 4 rings (SSSR count). The van der Waals surface area contributed by atoms with Gasteiger partial charge >= 0.3 is 12.1 Å². The predicted octanol–water partition coefficient (Wildman–Crippen LogP) is 3.79. The zero-order valence-electron chi connectivity index (χ0n) is 20.2. The Labute approximate surface area is 205 Å². The minimum Gasteiger partial charge on any atom is -0.480 e. The maximum absolute atomic E-state index is 13.3. The molecule has 1 heterocycles. The van der Waals surface area contributed by atoms with Gasteiger partial charge in [-0.1, -0.05) is 48.5 Å². The van der Waals surface area contributed by atoms with E-state index in [1.807, 2.05) is 36.4 Å². The molecular formula is C27H32N2O6. The Morgan fingerprint density at radius 3 is 2.34 bits per heavy atom. The molecule has 1 saturated heterocycles. The average molecular weight is 481 g/mol. The van der Waals surface area contributed by atoms with Gasteiger partial charge in [-0.25, -0.2) is 9.59 Å². The van der Waals surface area contributed by atoms with Crippen molar-refractivity contribution in [2.24, 2.45) is 0 Å². The van der Waals surface area contributed by atoms with Crippen LogP contribution in [0.2, 0.25) is 0 Å². The third-order valence-electron chi connectivity index (χ3n) is 7.14. The highest BCUT2D eigenvalue weighted by Gasteiger charge is 2.47. The molecule has 0 saturated carbocycles. The summed E-state index contributed by atoms with van der Waals surface area (Å²) in [5.74, 6) is -1.54. The topological polar surface area (TPSA) is 105 Å². The maximum atomic E-state index is 13.3. The lowest BCUT2D eigenvalue weighted by molar-refractivity contribution is -0.156. The lowest BCUT2D eigenvalue weighted by Crippen LogP contribution is -2.57. The molecule has 2 N–H and O–H groups in total. The van der Waals surface area contributed by atoms with Crippen LogP contribution in [0.5, 0.6) is 0 Å². The van der Waals surface area contributed by atoms with Crippen molar-refractivity contribution in [1.82, 2.24) is 10.2 Å². The minimum absolute atomic E-state index is 0.0929. The molecule has 2 aliphatic rings. The summed E-state index contributed by atoms with van der Waals surface area (Å²) in [7, 11) is 1.57. The van der Waals surface area contributed by atoms with Crippen molar-refractivity contribution in [3.8, 4) is 11.1 Å². The zero-order valence-corrected chi connectivity index (χ0v) is 20.2. The number of likely N-dealkylation sites (tertiary alicyclic amines) is 1. The van der Waals surface area contributed by atoms with Crippen molar-refractivity contribution in [3.63, 3.8) is 0 Å². The van der Waals surface area contributed by atoms with E-state index in [0.29, 0.717) is 38.8 Å². The number of nitrogens with one attached hydrogen (secondary N) is 1. The van der Waals surface area contributed by atoms with Crippen LogP contribution in [0.25, 0.3) is 11.1 Å². The minimum atomic E-state index is -1.28. The second kappa shape index (κ2) is 10.5. The number of alkyl carbamates (subject to hydrolysis) is 1. The van der Waals surface area contributed by atoms with Crippen molar-refractivity contribution < 1.29 is 29.0 Å². The number of methoxy groups -OCH3 is 1. The summed E-state index contributed by atoms with van der Waals surface area (Å²) in [6.45, 7) is 2.45. The highest BCUT2D eigenvalue weighted by Crippen LogP contribution is 2.44. The molecule has 8 nitrogen and oxygen atoms in total. The van der Waals surface area contributed by atoms with Crippen molar-refractivity contribution in [1.29, 1.82) is 0 Å². The molecule has 1 unspecified atom stereocenters. The SMILES string of the molecule is COCCCC(NC(=O)OCC1c2ccccc2-c2ccccc21)C(=O)N1CCC[C@@]1(C)C(=O)O. The maximum Gasteiger partial charge on any atom is 0.407 e. The van der Waals surface area contributed by atoms with Gasteiger partial charge in [0, 0.05) is 26.2 Å². The predicted molar refractivity (Wildman–Crippen MR) is 130 cm³/mol. The number of carbonyl (C=O) groups excluding carboxylic acids is 2. The van der Waals surface area contributed by atoms with Gasteiger partial charge in [0.25, 0.3) is 0 Å². The van der Waals surface area contributed by atoms with Crippen molar-refractivity contribution in [2.45, 2.75) is 50.1 Å². The van der Waals surface area contributed by atoms with Crippen molar-refractivity contribution >= 4 is 18.0 Å². The van der Waals surface area contributed by atoms with Crippen LogP contribution in [0.3, 0.4) is 0 Å². The second-order valence-corrected chi connectivity index (χ2v) is 9.33. The second-order valence-electron chi connectivity index (χ2n) is 9.33. The summed E-state index contributed by atoms with van der Waals surface area (Å²) in [6, 6.07) is 15.2. The largest absolute Gasteiger partial charge is 0.480 e. The normalized spacial score (nSPS) is 19.7. The number of ether oxygens (including phenoxy) is 2. The number of carbonyl (C=O) groups is 3. The Kier molecular flexibility index (Phi) is 7.40. The highest BCUT2D eigenvalue weighted by atomic mass is 16.5. The number of hydrogen-bond acceptors (Lipinski definition) is 5. The van der Waals surface area contributed by atoms with Crippen LogP contribution in [0, 0.1) is 0 Å². The van der Waals surface area contributed by atoms with Gasteiger partial charge in [0.1, 0.15) is 18.2 Å². The van der Waals surface area contributed by atoms with E-state index < -0.39 is 29.6 Å². The quantitative estimate of drug-likeness (QED) is 0.529. The number of amides is 2. The Hall–Kier alpha value is -3.39. The monoisotopic (exact) mass is 480 g/mol. The molecule has 0 bridgehead atoms. The first-order valence-corrected chi connectivity index (χ1v) is 12.0. The first-order chi connectivity index (χ1) is 16.9. The number of aliphatic carboxylic acids is 1. The van der Waals surface area contributed by atoms with Crippen LogP contribution >= 0.6 is 0 Å². The van der Waals surface area contributed by atoms with Gasteiger partial charge in [-0.05, 0) is 54.9 Å². The smallest absolute Gasteiger partial charge is 0.407 e. The Balaban J connectivity index is 1.45. The first-order valence-electron chi connectivity index (χ1n) is 12.0. The molecule has 186 valence electrons. The van der Waals surface area contributed by atoms with Crippen LogP contribution in [-0.2, 0) is 19.1 Å². The number of rotatable bonds is 9. The van der Waals surface area contributed by atoms with E-state index in [1.54, 1.807) is 14.0 Å². The number of carboxylic acids is 1. The summed E-state index contributed by atoms with van der Waals surface area (Å²) < 4.78 is 10.7. The molecule has 2 aromatic rings. The number of carboxylic acid groups (broad SMARTS) is 1. The molecule has 0 spiro atoms. The molecule has 0 aromatic heterocycles. The van der Waals surface area contributed by atoms with Gasteiger partial charge in [-0.2, -0.15) is 0 Å². The van der Waals surface area contributed by atoms with Crippen LogP contribution in [-0.4, -0.2) is 66.4 Å². The van der Waals surface area contributed by atoms with Gasteiger partial charge in [0.05, 0.1) is 0 Å². The molecule has 1 aliphatic heterocycles. The van der Waals surface area contributed by atoms with Crippen molar-refractivity contribution in [2.75, 3.05) is 26.9 Å². The summed E-state index contributed by atoms with van der Waals surface area (Å²) in [5.41, 5.74) is 3.19. The number of fused-ring (bicyclic) bond motifs is 3. The molecule has 0 radical (unpaired) electrons. The standard InChI is InChI=1S/C27H32N2O6/c1-27(25(31)32)14-8-15-29(27)24(30)23(13-7-16-34-2)28-26(33)35-17-22-20-11-5-3-9-18(20)19-10-4-6-12-21(19)22/h3-6,9-12,22-23H,7-8,13-17H2,1-2H3,(H,28,33)(H,31,32)/t23?,27-/m0/s1. The van der Waals surface area contributed by atoms with Crippen LogP contribution in [0.15, 0.2) is 48.5 Å². The van der Waals surface area contributed by atoms with Crippen LogP contribution < -0.4 is 5.32 Å². The molecule has 2 amide bonds. The first kappa shape index (κ1) is 24.7. The van der Waals surface area contributed by atoms with E-state index in [1.165, 1.54) is 4.90 Å². The highest BCUT2D eigenvalue weighted by molar-refractivity contribution is 5.91. The average Bonchev–Trinajstić information content (AvgIpc) is 3.41. The Morgan fingerprint density at radius 1 is 1.11 bits per heavy atom. The van der Waals surface area contributed by atoms with E-state index in [4.69, 9.17) is 9.47 Å². The summed E-state index contributed by atoms with van der Waals surface area (Å²) in [6.07, 6.45) is 1.14. The summed E-state index contributed by atoms with van der Waals surface area (Å²) >= 11 is 0.